The summed E-state index contributed by atoms with van der Waals surface area (Å²) in [6.07, 6.45) is 3.99. The summed E-state index contributed by atoms with van der Waals surface area (Å²) in [6, 6.07) is -1.13. The lowest BCUT2D eigenvalue weighted by Gasteiger charge is -2.36. The number of aliphatic carboxylic acids is 1. The van der Waals surface area contributed by atoms with E-state index in [2.05, 4.69) is 6.92 Å². The van der Waals surface area contributed by atoms with E-state index in [0.717, 1.165) is 19.3 Å². The molecule has 17 heavy (non-hydrogen) atoms. The molecule has 0 bridgehead atoms. The molecule has 3 N–H and O–H groups in total. The Bertz CT molecular complexity index is 332. The smallest absolute Gasteiger partial charge is 0.326 e. The number of fused-ring (bicyclic) bond motifs is 1. The van der Waals surface area contributed by atoms with E-state index in [4.69, 9.17) is 10.8 Å². The summed E-state index contributed by atoms with van der Waals surface area (Å²) in [4.78, 5) is 24.9. The molecule has 1 amide bonds. The van der Waals surface area contributed by atoms with Gasteiger partial charge in [-0.1, -0.05) is 13.3 Å². The molecule has 0 aromatic heterocycles. The lowest BCUT2D eigenvalue weighted by Crippen LogP contribution is -2.54. The Kier molecular flexibility index (Phi) is 3.38. The number of nitrogens with two attached hydrogens (primary N) is 1. The summed E-state index contributed by atoms with van der Waals surface area (Å²) < 4.78 is 0. The molecule has 2 aliphatic rings. The molecular formula is C12H20N2O3. The summed E-state index contributed by atoms with van der Waals surface area (Å²) in [5.74, 6) is -0.705. The predicted molar refractivity (Wildman–Crippen MR) is 62.3 cm³/mol. The van der Waals surface area contributed by atoms with Gasteiger partial charge in [-0.3, -0.25) is 4.79 Å². The fourth-order valence-electron chi connectivity index (χ4n) is 3.12. The topological polar surface area (TPSA) is 83.6 Å². The van der Waals surface area contributed by atoms with Crippen LogP contribution in [-0.4, -0.2) is 40.0 Å². The minimum atomic E-state index is -0.902. The van der Waals surface area contributed by atoms with Crippen LogP contribution < -0.4 is 5.73 Å². The Balaban J connectivity index is 2.27. The van der Waals surface area contributed by atoms with E-state index >= 15 is 0 Å². The highest BCUT2D eigenvalue weighted by molar-refractivity contribution is 5.87. The Morgan fingerprint density at radius 3 is 2.71 bits per heavy atom. The minimum Gasteiger partial charge on any atom is -0.480 e. The van der Waals surface area contributed by atoms with Crippen molar-refractivity contribution in [3.8, 4) is 0 Å². The molecule has 2 rings (SSSR count). The lowest BCUT2D eigenvalue weighted by atomic mass is 9.90. The van der Waals surface area contributed by atoms with Crippen molar-refractivity contribution in [2.24, 2.45) is 11.7 Å². The van der Waals surface area contributed by atoms with E-state index < -0.39 is 18.1 Å². The summed E-state index contributed by atoms with van der Waals surface area (Å²) in [5.41, 5.74) is 5.83. The molecule has 2 saturated heterocycles. The van der Waals surface area contributed by atoms with E-state index in [1.807, 2.05) is 0 Å². The van der Waals surface area contributed by atoms with Crippen LogP contribution in [0.4, 0.5) is 0 Å². The lowest BCUT2D eigenvalue weighted by molar-refractivity contribution is -0.151. The molecule has 0 aliphatic carbocycles. The van der Waals surface area contributed by atoms with Gasteiger partial charge in [0.05, 0.1) is 6.04 Å². The monoisotopic (exact) mass is 240 g/mol. The van der Waals surface area contributed by atoms with Crippen LogP contribution in [0.5, 0.6) is 0 Å². The van der Waals surface area contributed by atoms with Crippen molar-refractivity contribution in [2.75, 3.05) is 0 Å². The van der Waals surface area contributed by atoms with Crippen LogP contribution in [0.2, 0.25) is 0 Å². The molecule has 5 nitrogen and oxygen atoms in total. The van der Waals surface area contributed by atoms with Gasteiger partial charge in [-0.15, -0.1) is 0 Å². The van der Waals surface area contributed by atoms with Gasteiger partial charge in [-0.05, 0) is 31.6 Å². The molecule has 0 spiro atoms. The van der Waals surface area contributed by atoms with Crippen molar-refractivity contribution in [3.63, 3.8) is 0 Å². The van der Waals surface area contributed by atoms with Gasteiger partial charge in [0.15, 0.2) is 0 Å². The normalized spacial score (nSPS) is 38.5. The standard InChI is InChI=1S/C12H20N2O3/c1-7-3-2-4-8(13)11(15)14-9(7)5-6-10(14)12(16)17/h7-10H,2-6,13H2,1H3,(H,16,17). The zero-order chi connectivity index (χ0) is 12.6. The number of amides is 1. The van der Waals surface area contributed by atoms with Crippen LogP contribution in [0, 0.1) is 5.92 Å². The first kappa shape index (κ1) is 12.4. The second kappa shape index (κ2) is 4.64. The maximum absolute atomic E-state index is 12.2. The molecule has 5 heteroatoms. The molecule has 2 fully saturated rings. The number of nitrogens with zero attached hydrogens (tertiary/aromatic N) is 1. The van der Waals surface area contributed by atoms with Gasteiger partial charge in [0, 0.05) is 6.04 Å². The third kappa shape index (κ3) is 2.16. The second-order valence-electron chi connectivity index (χ2n) is 5.26. The number of hydrogen-bond donors (Lipinski definition) is 2. The number of carboxylic acids is 1. The van der Waals surface area contributed by atoms with Crippen molar-refractivity contribution in [2.45, 2.75) is 57.2 Å². The van der Waals surface area contributed by atoms with Gasteiger partial charge in [-0.25, -0.2) is 4.79 Å². The Morgan fingerprint density at radius 2 is 2.06 bits per heavy atom. The first-order chi connectivity index (χ1) is 8.02. The van der Waals surface area contributed by atoms with Crippen molar-refractivity contribution in [1.82, 2.24) is 4.90 Å². The molecule has 2 heterocycles. The molecule has 0 aromatic carbocycles. The molecule has 4 unspecified atom stereocenters. The van der Waals surface area contributed by atoms with Crippen LogP contribution in [0.15, 0.2) is 0 Å². The summed E-state index contributed by atoms with van der Waals surface area (Å²) in [5, 5.41) is 9.17. The van der Waals surface area contributed by atoms with Crippen LogP contribution in [0.1, 0.15) is 39.0 Å². The summed E-state index contributed by atoms with van der Waals surface area (Å²) in [7, 11) is 0. The largest absolute Gasteiger partial charge is 0.480 e. The average molecular weight is 240 g/mol. The van der Waals surface area contributed by atoms with Gasteiger partial charge >= 0.3 is 5.97 Å². The molecule has 0 saturated carbocycles. The van der Waals surface area contributed by atoms with Gasteiger partial charge < -0.3 is 15.7 Å². The van der Waals surface area contributed by atoms with E-state index in [1.54, 1.807) is 4.90 Å². The molecule has 0 radical (unpaired) electrons. The fourth-order valence-corrected chi connectivity index (χ4v) is 3.12. The first-order valence-electron chi connectivity index (χ1n) is 6.33. The maximum atomic E-state index is 12.2. The zero-order valence-electron chi connectivity index (χ0n) is 10.1. The Labute approximate surface area is 101 Å². The van der Waals surface area contributed by atoms with Crippen molar-refractivity contribution in [3.05, 3.63) is 0 Å². The first-order valence-corrected chi connectivity index (χ1v) is 6.33. The quantitative estimate of drug-likeness (QED) is 0.702. The molecule has 96 valence electrons. The average Bonchev–Trinajstić information content (AvgIpc) is 2.70. The van der Waals surface area contributed by atoms with Crippen LogP contribution in [0.25, 0.3) is 0 Å². The Hall–Kier alpha value is -1.10. The number of carbonyl (C=O) groups is 2. The van der Waals surface area contributed by atoms with E-state index in [1.165, 1.54) is 0 Å². The molecule has 4 atom stereocenters. The third-order valence-electron chi connectivity index (χ3n) is 4.12. The van der Waals surface area contributed by atoms with Crippen molar-refractivity contribution >= 4 is 11.9 Å². The highest BCUT2D eigenvalue weighted by Gasteiger charge is 2.44. The SMILES string of the molecule is CC1CCCC(N)C(=O)N2C(C(=O)O)CCC12. The molecule has 2 aliphatic heterocycles. The van der Waals surface area contributed by atoms with Crippen molar-refractivity contribution in [1.29, 1.82) is 0 Å². The van der Waals surface area contributed by atoms with Crippen molar-refractivity contribution < 1.29 is 14.7 Å². The van der Waals surface area contributed by atoms with Gasteiger partial charge in [0.1, 0.15) is 6.04 Å². The van der Waals surface area contributed by atoms with E-state index in [0.29, 0.717) is 18.8 Å². The van der Waals surface area contributed by atoms with Gasteiger partial charge in [-0.2, -0.15) is 0 Å². The number of rotatable bonds is 1. The minimum absolute atomic E-state index is 0.0648. The predicted octanol–water partition coefficient (Wildman–Crippen LogP) is 0.578. The van der Waals surface area contributed by atoms with Crippen LogP contribution in [-0.2, 0) is 9.59 Å². The summed E-state index contributed by atoms with van der Waals surface area (Å²) >= 11 is 0. The fraction of sp³-hybridized carbons (Fsp3) is 0.833. The molecule has 0 aromatic rings. The number of carboxylic acid groups (broad SMARTS) is 1. The van der Waals surface area contributed by atoms with Crippen LogP contribution in [0.3, 0.4) is 0 Å². The zero-order valence-corrected chi connectivity index (χ0v) is 10.1. The number of hydrogen-bond acceptors (Lipinski definition) is 3. The van der Waals surface area contributed by atoms with Crippen LogP contribution >= 0.6 is 0 Å². The highest BCUT2D eigenvalue weighted by atomic mass is 16.4. The van der Waals surface area contributed by atoms with Gasteiger partial charge in [0.2, 0.25) is 5.91 Å². The summed E-state index contributed by atoms with van der Waals surface area (Å²) in [6.45, 7) is 2.10. The molecular weight excluding hydrogens is 220 g/mol. The number of carbonyl (C=O) groups excluding carboxylic acids is 1. The highest BCUT2D eigenvalue weighted by Crippen LogP contribution is 2.34. The van der Waals surface area contributed by atoms with E-state index in [9.17, 15) is 9.59 Å². The van der Waals surface area contributed by atoms with Gasteiger partial charge in [0.25, 0.3) is 0 Å². The third-order valence-corrected chi connectivity index (χ3v) is 4.12. The Morgan fingerprint density at radius 1 is 1.35 bits per heavy atom. The van der Waals surface area contributed by atoms with E-state index in [-0.39, 0.29) is 11.9 Å². The second-order valence-corrected chi connectivity index (χ2v) is 5.26. The maximum Gasteiger partial charge on any atom is 0.326 e.